The molecule has 1 aliphatic rings. The average Bonchev–Trinajstić information content (AvgIpc) is 3.23. The highest BCUT2D eigenvalue weighted by Gasteiger charge is 2.29. The minimum absolute atomic E-state index is 0.243. The van der Waals surface area contributed by atoms with E-state index in [1.165, 1.54) is 18.4 Å². The molecule has 0 bridgehead atoms. The summed E-state index contributed by atoms with van der Waals surface area (Å²) in [4.78, 5) is 0. The largest absolute Gasteiger partial charge is 0.490 e. The van der Waals surface area contributed by atoms with Gasteiger partial charge in [-0.3, -0.25) is 0 Å². The minimum atomic E-state index is 0.243. The van der Waals surface area contributed by atoms with Crippen LogP contribution in [0.2, 0.25) is 0 Å². The topological polar surface area (TPSA) is 21.3 Å². The van der Waals surface area contributed by atoms with Gasteiger partial charge in [0.1, 0.15) is 5.75 Å². The molecule has 1 aromatic rings. The Bertz CT molecular complexity index is 423. The Labute approximate surface area is 123 Å². The zero-order valence-electron chi connectivity index (χ0n) is 13.4. The van der Waals surface area contributed by atoms with E-state index in [2.05, 4.69) is 57.3 Å². The van der Waals surface area contributed by atoms with Crippen LogP contribution in [0, 0.1) is 5.41 Å². The van der Waals surface area contributed by atoms with Gasteiger partial charge < -0.3 is 10.1 Å². The third-order valence-electron chi connectivity index (χ3n) is 4.31. The lowest BCUT2D eigenvalue weighted by Gasteiger charge is -2.35. The van der Waals surface area contributed by atoms with E-state index >= 15 is 0 Å². The molecule has 0 saturated heterocycles. The summed E-state index contributed by atoms with van der Waals surface area (Å²) in [6.45, 7) is 10.2. The van der Waals surface area contributed by atoms with Gasteiger partial charge in [0, 0.05) is 6.04 Å². The number of hydrogen-bond donors (Lipinski definition) is 1. The minimum Gasteiger partial charge on any atom is -0.490 e. The SMILES string of the molecule is CCCNC(c1cccc(OC2CC2)c1)C(C)(C)CC. The molecule has 1 fully saturated rings. The van der Waals surface area contributed by atoms with Gasteiger partial charge in [-0.15, -0.1) is 0 Å². The first-order chi connectivity index (χ1) is 9.56. The summed E-state index contributed by atoms with van der Waals surface area (Å²) in [6.07, 6.45) is 5.20. The van der Waals surface area contributed by atoms with E-state index in [9.17, 15) is 0 Å². The fourth-order valence-corrected chi connectivity index (χ4v) is 2.48. The number of ether oxygens (including phenoxy) is 1. The lowest BCUT2D eigenvalue weighted by Crippen LogP contribution is -2.34. The molecule has 1 aliphatic carbocycles. The number of nitrogens with one attached hydrogen (secondary N) is 1. The summed E-state index contributed by atoms with van der Waals surface area (Å²) in [5.41, 5.74) is 1.59. The molecule has 0 aromatic heterocycles. The molecule has 2 heteroatoms. The second-order valence-corrected chi connectivity index (χ2v) is 6.62. The normalized spacial score (nSPS) is 17.0. The number of rotatable bonds is 8. The van der Waals surface area contributed by atoms with E-state index in [0.717, 1.165) is 25.1 Å². The van der Waals surface area contributed by atoms with Crippen LogP contribution in [0.5, 0.6) is 5.75 Å². The maximum Gasteiger partial charge on any atom is 0.120 e. The highest BCUT2D eigenvalue weighted by molar-refractivity contribution is 5.32. The molecule has 1 aromatic carbocycles. The van der Waals surface area contributed by atoms with Crippen LogP contribution < -0.4 is 10.1 Å². The van der Waals surface area contributed by atoms with E-state index in [1.807, 2.05) is 0 Å². The van der Waals surface area contributed by atoms with Gasteiger partial charge in [-0.1, -0.05) is 39.8 Å². The van der Waals surface area contributed by atoms with E-state index < -0.39 is 0 Å². The predicted molar refractivity (Wildman–Crippen MR) is 85.2 cm³/mol. The van der Waals surface area contributed by atoms with Gasteiger partial charge in [0.15, 0.2) is 0 Å². The van der Waals surface area contributed by atoms with Gasteiger partial charge in [-0.05, 0) is 55.3 Å². The third kappa shape index (κ3) is 3.99. The molecule has 1 N–H and O–H groups in total. The Morgan fingerprint density at radius 2 is 2.05 bits per heavy atom. The van der Waals surface area contributed by atoms with Crippen molar-refractivity contribution in [2.75, 3.05) is 6.54 Å². The number of benzene rings is 1. The fraction of sp³-hybridized carbons (Fsp3) is 0.667. The van der Waals surface area contributed by atoms with E-state index in [1.54, 1.807) is 0 Å². The molecular weight excluding hydrogens is 246 g/mol. The summed E-state index contributed by atoms with van der Waals surface area (Å²) in [5, 5.41) is 3.72. The molecule has 20 heavy (non-hydrogen) atoms. The Morgan fingerprint density at radius 3 is 2.65 bits per heavy atom. The predicted octanol–water partition coefficient (Wildman–Crippen LogP) is 4.70. The Morgan fingerprint density at radius 1 is 1.30 bits per heavy atom. The average molecular weight is 275 g/mol. The smallest absolute Gasteiger partial charge is 0.120 e. The first-order valence-electron chi connectivity index (χ1n) is 8.07. The van der Waals surface area contributed by atoms with Crippen LogP contribution in [0.3, 0.4) is 0 Å². The van der Waals surface area contributed by atoms with Crippen molar-refractivity contribution in [1.82, 2.24) is 5.32 Å². The maximum atomic E-state index is 5.94. The summed E-state index contributed by atoms with van der Waals surface area (Å²) < 4.78 is 5.94. The molecular formula is C18H29NO. The molecule has 112 valence electrons. The molecule has 1 unspecified atom stereocenters. The van der Waals surface area contributed by atoms with Crippen molar-refractivity contribution in [2.24, 2.45) is 5.41 Å². The highest BCUT2D eigenvalue weighted by Crippen LogP contribution is 2.38. The molecule has 0 aliphatic heterocycles. The Balaban J connectivity index is 2.17. The lowest BCUT2D eigenvalue weighted by molar-refractivity contribution is 0.233. The summed E-state index contributed by atoms with van der Waals surface area (Å²) in [5.74, 6) is 1.03. The quantitative estimate of drug-likeness (QED) is 0.742. The second kappa shape index (κ2) is 6.62. The molecule has 0 radical (unpaired) electrons. The van der Waals surface area contributed by atoms with Gasteiger partial charge in [0.25, 0.3) is 0 Å². The van der Waals surface area contributed by atoms with Crippen molar-refractivity contribution in [3.8, 4) is 5.75 Å². The monoisotopic (exact) mass is 275 g/mol. The molecule has 1 saturated carbocycles. The standard InChI is InChI=1S/C18H29NO/c1-5-12-19-17(18(3,4)6-2)14-8-7-9-16(13-14)20-15-10-11-15/h7-9,13,15,17,19H,5-6,10-12H2,1-4H3. The van der Waals surface area contributed by atoms with Gasteiger partial charge in [0.2, 0.25) is 0 Å². The Hall–Kier alpha value is -1.02. The van der Waals surface area contributed by atoms with Crippen molar-refractivity contribution < 1.29 is 4.74 Å². The van der Waals surface area contributed by atoms with Crippen LogP contribution in [0.15, 0.2) is 24.3 Å². The summed E-state index contributed by atoms with van der Waals surface area (Å²) in [6, 6.07) is 9.04. The lowest BCUT2D eigenvalue weighted by atomic mass is 9.78. The molecule has 2 rings (SSSR count). The third-order valence-corrected chi connectivity index (χ3v) is 4.31. The first-order valence-corrected chi connectivity index (χ1v) is 8.07. The van der Waals surface area contributed by atoms with Crippen molar-refractivity contribution in [1.29, 1.82) is 0 Å². The number of hydrogen-bond acceptors (Lipinski definition) is 2. The molecule has 0 spiro atoms. The van der Waals surface area contributed by atoms with Crippen LogP contribution >= 0.6 is 0 Å². The molecule has 1 atom stereocenters. The van der Waals surface area contributed by atoms with Crippen LogP contribution in [-0.2, 0) is 0 Å². The van der Waals surface area contributed by atoms with E-state index in [4.69, 9.17) is 4.74 Å². The maximum absolute atomic E-state index is 5.94. The van der Waals surface area contributed by atoms with E-state index in [-0.39, 0.29) is 5.41 Å². The summed E-state index contributed by atoms with van der Waals surface area (Å²) in [7, 11) is 0. The summed E-state index contributed by atoms with van der Waals surface area (Å²) >= 11 is 0. The highest BCUT2D eigenvalue weighted by atomic mass is 16.5. The van der Waals surface area contributed by atoms with Crippen molar-refractivity contribution in [3.05, 3.63) is 29.8 Å². The van der Waals surface area contributed by atoms with Gasteiger partial charge >= 0.3 is 0 Å². The van der Waals surface area contributed by atoms with Gasteiger partial charge in [0.05, 0.1) is 6.10 Å². The molecule has 2 nitrogen and oxygen atoms in total. The van der Waals surface area contributed by atoms with Crippen molar-refractivity contribution >= 4 is 0 Å². The van der Waals surface area contributed by atoms with Gasteiger partial charge in [-0.25, -0.2) is 0 Å². The van der Waals surface area contributed by atoms with Crippen LogP contribution in [0.25, 0.3) is 0 Å². The first kappa shape index (κ1) is 15.4. The zero-order chi connectivity index (χ0) is 14.6. The van der Waals surface area contributed by atoms with Crippen molar-refractivity contribution in [2.45, 2.75) is 65.5 Å². The van der Waals surface area contributed by atoms with Gasteiger partial charge in [-0.2, -0.15) is 0 Å². The van der Waals surface area contributed by atoms with Crippen LogP contribution in [0.1, 0.15) is 65.0 Å². The Kier molecular flexibility index (Phi) is 5.09. The van der Waals surface area contributed by atoms with Crippen molar-refractivity contribution in [3.63, 3.8) is 0 Å². The molecule has 0 amide bonds. The second-order valence-electron chi connectivity index (χ2n) is 6.62. The van der Waals surface area contributed by atoms with E-state index in [0.29, 0.717) is 12.1 Å². The fourth-order valence-electron chi connectivity index (χ4n) is 2.48. The molecule has 0 heterocycles. The van der Waals surface area contributed by atoms with Crippen LogP contribution in [0.4, 0.5) is 0 Å². The van der Waals surface area contributed by atoms with Crippen LogP contribution in [-0.4, -0.2) is 12.6 Å². The zero-order valence-corrected chi connectivity index (χ0v) is 13.4.